The molecule has 0 saturated carbocycles. The summed E-state index contributed by atoms with van der Waals surface area (Å²) in [5.41, 5.74) is 8.25. The van der Waals surface area contributed by atoms with Crippen LogP contribution in [0.4, 0.5) is 0 Å². The predicted molar refractivity (Wildman–Crippen MR) is 137 cm³/mol. The molecule has 0 saturated heterocycles. The van der Waals surface area contributed by atoms with Crippen molar-refractivity contribution in [2.45, 2.75) is 46.0 Å². The van der Waals surface area contributed by atoms with Crippen LogP contribution in [-0.2, 0) is 0 Å². The zero-order chi connectivity index (χ0) is 22.1. The van der Waals surface area contributed by atoms with Gasteiger partial charge in [0.1, 0.15) is 8.07 Å². The Balaban J connectivity index is 2.34. The maximum absolute atomic E-state index is 4.40. The minimum Gasteiger partial charge on any atom is -0.281 e. The van der Waals surface area contributed by atoms with Gasteiger partial charge in [0, 0.05) is 13.1 Å². The van der Waals surface area contributed by atoms with Crippen LogP contribution in [0.5, 0.6) is 0 Å². The third-order valence-corrected chi connectivity index (χ3v) is 5.80. The van der Waals surface area contributed by atoms with Gasteiger partial charge in [-0.25, -0.2) is 0 Å². The summed E-state index contributed by atoms with van der Waals surface area (Å²) in [6.45, 7) is 21.9. The molecule has 0 amide bonds. The largest absolute Gasteiger partial charge is 0.281 e. The lowest BCUT2D eigenvalue weighted by Crippen LogP contribution is -2.38. The van der Waals surface area contributed by atoms with Crippen LogP contribution in [0.25, 0.3) is 11.1 Å². The number of nitrogens with zero attached hydrogens (tertiary/aromatic N) is 1. The molecule has 1 atom stereocenters. The fraction of sp³-hybridized carbons (Fsp3) is 0.357. The smallest absolute Gasteiger partial charge is 0.129 e. The van der Waals surface area contributed by atoms with E-state index in [0.717, 1.165) is 30.7 Å². The molecule has 0 N–H and O–H groups in total. The van der Waals surface area contributed by atoms with Crippen LogP contribution in [0.2, 0.25) is 19.6 Å². The average molecular weight is 416 g/mol. The molecule has 0 radical (unpaired) electrons. The molecule has 1 nitrogen and oxygen atoms in total. The normalized spacial score (nSPS) is 12.4. The minimum absolute atomic E-state index is 0.192. The van der Waals surface area contributed by atoms with Crippen LogP contribution in [0, 0.1) is 17.4 Å². The van der Waals surface area contributed by atoms with E-state index in [4.69, 9.17) is 0 Å². The van der Waals surface area contributed by atoms with Crippen molar-refractivity contribution in [2.24, 2.45) is 5.92 Å². The summed E-state index contributed by atoms with van der Waals surface area (Å²) in [5, 5.41) is 0. The third kappa shape index (κ3) is 8.18. The van der Waals surface area contributed by atoms with Gasteiger partial charge in [0.2, 0.25) is 0 Å². The standard InChI is InChI=1S/C28H37NSi/c1-23(2)20-28(18-19-30(5,6)7)29(21-24(3)26-14-10-8-11-15-26)22-25(4)27-16-12-9-13-17-27/h8-17,23,28H,3-4,20-22H2,1-2,5-7H3/t28-/m0/s1. The molecular weight excluding hydrogens is 378 g/mol. The van der Waals surface area contributed by atoms with Crippen molar-refractivity contribution in [3.63, 3.8) is 0 Å². The lowest BCUT2D eigenvalue weighted by molar-refractivity contribution is 0.265. The quantitative estimate of drug-likeness (QED) is 0.314. The summed E-state index contributed by atoms with van der Waals surface area (Å²) in [6.07, 6.45) is 1.04. The first kappa shape index (κ1) is 23.9. The van der Waals surface area contributed by atoms with Crippen LogP contribution in [0.3, 0.4) is 0 Å². The Morgan fingerprint density at radius 3 is 1.63 bits per heavy atom. The number of rotatable bonds is 9. The predicted octanol–water partition coefficient (Wildman–Crippen LogP) is 7.01. The van der Waals surface area contributed by atoms with E-state index in [1.165, 1.54) is 11.1 Å². The zero-order valence-corrected chi connectivity index (χ0v) is 20.4. The molecule has 0 spiro atoms. The van der Waals surface area contributed by atoms with Gasteiger partial charge in [0.25, 0.3) is 0 Å². The van der Waals surface area contributed by atoms with Gasteiger partial charge in [-0.3, -0.25) is 4.90 Å². The van der Waals surface area contributed by atoms with Gasteiger partial charge in [-0.05, 0) is 34.6 Å². The van der Waals surface area contributed by atoms with Crippen LogP contribution in [0.15, 0.2) is 73.8 Å². The van der Waals surface area contributed by atoms with Gasteiger partial charge in [0.15, 0.2) is 0 Å². The van der Waals surface area contributed by atoms with Crippen molar-refractivity contribution in [3.05, 3.63) is 84.9 Å². The minimum atomic E-state index is -1.46. The number of hydrogen-bond acceptors (Lipinski definition) is 1. The molecule has 0 heterocycles. The highest BCUT2D eigenvalue weighted by atomic mass is 28.3. The summed E-state index contributed by atoms with van der Waals surface area (Å²) >= 11 is 0. The Bertz CT molecular complexity index is 825. The third-order valence-electron chi connectivity index (χ3n) is 4.90. The second kappa shape index (κ2) is 11.2. The van der Waals surface area contributed by atoms with E-state index in [1.54, 1.807) is 0 Å². The fourth-order valence-electron chi connectivity index (χ4n) is 3.34. The Hall–Kier alpha value is -2.34. The summed E-state index contributed by atoms with van der Waals surface area (Å²) in [4.78, 5) is 2.47. The lowest BCUT2D eigenvalue weighted by Gasteiger charge is -2.31. The van der Waals surface area contributed by atoms with Gasteiger partial charge in [-0.1, -0.05) is 113 Å². The monoisotopic (exact) mass is 415 g/mol. The molecule has 0 aliphatic carbocycles. The Morgan fingerprint density at radius 1 is 0.833 bits per heavy atom. The lowest BCUT2D eigenvalue weighted by atomic mass is 9.99. The van der Waals surface area contributed by atoms with Crippen molar-refractivity contribution in [1.29, 1.82) is 0 Å². The highest BCUT2D eigenvalue weighted by Gasteiger charge is 2.21. The van der Waals surface area contributed by atoms with Gasteiger partial charge < -0.3 is 0 Å². The summed E-state index contributed by atoms with van der Waals surface area (Å²) < 4.78 is 0. The molecule has 0 bridgehead atoms. The number of hydrogen-bond donors (Lipinski definition) is 0. The highest BCUT2D eigenvalue weighted by molar-refractivity contribution is 6.83. The van der Waals surface area contributed by atoms with Crippen LogP contribution < -0.4 is 0 Å². The van der Waals surface area contributed by atoms with Gasteiger partial charge in [0.05, 0.1) is 6.04 Å². The molecule has 0 aliphatic rings. The molecule has 2 heteroatoms. The van der Waals surface area contributed by atoms with E-state index in [9.17, 15) is 0 Å². The molecule has 0 fully saturated rings. The van der Waals surface area contributed by atoms with Crippen LogP contribution in [-0.4, -0.2) is 32.1 Å². The van der Waals surface area contributed by atoms with Crippen molar-refractivity contribution < 1.29 is 0 Å². The molecule has 2 aromatic rings. The fourth-order valence-corrected chi connectivity index (χ4v) is 3.94. The molecule has 158 valence electrons. The zero-order valence-electron chi connectivity index (χ0n) is 19.4. The Morgan fingerprint density at radius 2 is 1.27 bits per heavy atom. The second-order valence-corrected chi connectivity index (χ2v) is 14.3. The molecule has 0 unspecified atom stereocenters. The average Bonchev–Trinajstić information content (AvgIpc) is 2.71. The Kier molecular flexibility index (Phi) is 8.90. The molecule has 2 aromatic carbocycles. The molecule has 0 aliphatic heterocycles. The van der Waals surface area contributed by atoms with Crippen molar-refractivity contribution >= 4 is 19.2 Å². The molecule has 0 aromatic heterocycles. The van der Waals surface area contributed by atoms with E-state index in [-0.39, 0.29) is 6.04 Å². The first-order valence-corrected chi connectivity index (χ1v) is 14.4. The van der Waals surface area contributed by atoms with Crippen LogP contribution >= 0.6 is 0 Å². The van der Waals surface area contributed by atoms with Crippen molar-refractivity contribution in [2.75, 3.05) is 13.1 Å². The van der Waals surface area contributed by atoms with E-state index in [2.05, 4.69) is 112 Å². The topological polar surface area (TPSA) is 3.24 Å². The van der Waals surface area contributed by atoms with E-state index >= 15 is 0 Å². The SMILES string of the molecule is C=C(CN(CC(=C)c1ccccc1)[C@@H](C#C[Si](C)(C)C)CC(C)C)c1ccccc1. The molecule has 30 heavy (non-hydrogen) atoms. The van der Waals surface area contributed by atoms with Crippen molar-refractivity contribution in [1.82, 2.24) is 4.90 Å². The summed E-state index contributed by atoms with van der Waals surface area (Å²) in [7, 11) is -1.46. The van der Waals surface area contributed by atoms with E-state index in [0.29, 0.717) is 5.92 Å². The first-order chi connectivity index (χ1) is 14.2. The maximum atomic E-state index is 4.40. The maximum Gasteiger partial charge on any atom is 0.129 e. The second-order valence-electron chi connectivity index (χ2n) is 9.51. The molecular formula is C28H37NSi. The van der Waals surface area contributed by atoms with Crippen LogP contribution in [0.1, 0.15) is 31.4 Å². The van der Waals surface area contributed by atoms with Gasteiger partial charge in [-0.2, -0.15) is 0 Å². The van der Waals surface area contributed by atoms with Gasteiger partial charge in [-0.15, -0.1) is 5.54 Å². The van der Waals surface area contributed by atoms with Gasteiger partial charge >= 0.3 is 0 Å². The van der Waals surface area contributed by atoms with E-state index in [1.807, 2.05) is 12.1 Å². The Labute approximate surface area is 185 Å². The first-order valence-electron chi connectivity index (χ1n) is 10.9. The highest BCUT2D eigenvalue weighted by Crippen LogP contribution is 2.22. The van der Waals surface area contributed by atoms with Crippen molar-refractivity contribution in [3.8, 4) is 11.5 Å². The van der Waals surface area contributed by atoms with E-state index < -0.39 is 8.07 Å². The number of benzene rings is 2. The summed E-state index contributed by atoms with van der Waals surface area (Å²) in [6, 6.07) is 21.1. The summed E-state index contributed by atoms with van der Waals surface area (Å²) in [5.74, 6) is 4.23. The molecule has 2 rings (SSSR count).